The number of urea groups is 1. The van der Waals surface area contributed by atoms with Crippen molar-refractivity contribution in [1.82, 2.24) is 25.1 Å². The summed E-state index contributed by atoms with van der Waals surface area (Å²) in [6, 6.07) is 11.9. The molecule has 13 heteroatoms. The van der Waals surface area contributed by atoms with Crippen LogP contribution in [0.5, 0.6) is 11.5 Å². The van der Waals surface area contributed by atoms with E-state index in [0.29, 0.717) is 37.4 Å². The predicted molar refractivity (Wildman–Crippen MR) is 182 cm³/mol. The van der Waals surface area contributed by atoms with Gasteiger partial charge in [0.15, 0.2) is 11.6 Å². The number of anilines is 1. The molecule has 1 saturated heterocycles. The highest BCUT2D eigenvalue weighted by atomic mass is 32.1. The molecule has 2 fully saturated rings. The van der Waals surface area contributed by atoms with Gasteiger partial charge in [0, 0.05) is 81.8 Å². The number of rotatable bonds is 14. The lowest BCUT2D eigenvalue weighted by atomic mass is 10.1. The molecule has 1 aromatic carbocycles. The van der Waals surface area contributed by atoms with Crippen molar-refractivity contribution in [2.24, 2.45) is 0 Å². The van der Waals surface area contributed by atoms with Gasteiger partial charge in [-0.15, -0.1) is 11.3 Å². The predicted octanol–water partition coefficient (Wildman–Crippen LogP) is 6.64. The smallest absolute Gasteiger partial charge is 0.319 e. The van der Waals surface area contributed by atoms with Gasteiger partial charge in [0.25, 0.3) is 0 Å². The van der Waals surface area contributed by atoms with E-state index >= 15 is 0 Å². The first-order valence-corrected chi connectivity index (χ1v) is 17.2. The lowest BCUT2D eigenvalue weighted by molar-refractivity contribution is -0.137. The first kappa shape index (κ1) is 33.3. The number of benzene rings is 1. The van der Waals surface area contributed by atoms with Gasteiger partial charge in [0.2, 0.25) is 5.91 Å². The molecule has 3 aromatic heterocycles. The SMILES string of the molecule is O=C(O)CCCCCCC(=O)N1CCN(Cc2ccc(-c3cc4nccc(Oc5ccc(NC(=O)NC6CC6)cc5F)c4s3)nc2)CC1. The summed E-state index contributed by atoms with van der Waals surface area (Å²) in [5.41, 5.74) is 2.95. The van der Waals surface area contributed by atoms with E-state index in [2.05, 4.69) is 26.6 Å². The molecular weight excluding hydrogens is 635 g/mol. The Bertz CT molecular complexity index is 1750. The Balaban J connectivity index is 0.999. The van der Waals surface area contributed by atoms with Crippen LogP contribution in [0.1, 0.15) is 56.9 Å². The summed E-state index contributed by atoms with van der Waals surface area (Å²) in [7, 11) is 0. The standard InChI is InChI=1S/C35H39FN6O5S/c36-26-19-25(40-35(46)39-24-8-9-24)10-12-29(26)47-30-13-14-37-28-20-31(48-34(28)30)27-11-7-23(21-38-27)22-41-15-17-42(18-16-41)32(43)5-3-1-2-4-6-33(44)45/h7,10-14,19-21,24H,1-6,8-9,15-18,22H2,(H,44,45)(H2,39,40,46). The Kier molecular flexibility index (Phi) is 10.8. The van der Waals surface area contributed by atoms with Crippen LogP contribution in [0.4, 0.5) is 14.9 Å². The van der Waals surface area contributed by atoms with E-state index in [1.54, 1.807) is 18.3 Å². The minimum Gasteiger partial charge on any atom is -0.481 e. The van der Waals surface area contributed by atoms with Crippen LogP contribution in [0.15, 0.2) is 54.9 Å². The fourth-order valence-electron chi connectivity index (χ4n) is 5.62. The van der Waals surface area contributed by atoms with Crippen molar-refractivity contribution in [2.45, 2.75) is 64.0 Å². The van der Waals surface area contributed by atoms with Crippen molar-refractivity contribution in [3.05, 3.63) is 66.2 Å². The molecule has 1 aliphatic carbocycles. The van der Waals surface area contributed by atoms with E-state index in [0.717, 1.165) is 78.1 Å². The number of carboxylic acid groups (broad SMARTS) is 1. The number of carbonyl (C=O) groups excluding carboxylic acids is 2. The van der Waals surface area contributed by atoms with Crippen LogP contribution in [0.25, 0.3) is 20.8 Å². The second-order valence-electron chi connectivity index (χ2n) is 12.3. The summed E-state index contributed by atoms with van der Waals surface area (Å²) < 4.78 is 21.7. The van der Waals surface area contributed by atoms with E-state index < -0.39 is 11.8 Å². The number of hydrogen-bond donors (Lipinski definition) is 3. The van der Waals surface area contributed by atoms with Crippen molar-refractivity contribution >= 4 is 45.1 Å². The number of amides is 3. The van der Waals surface area contributed by atoms with Gasteiger partial charge in [0.1, 0.15) is 5.75 Å². The van der Waals surface area contributed by atoms with Gasteiger partial charge in [-0.3, -0.25) is 24.5 Å². The highest BCUT2D eigenvalue weighted by Gasteiger charge is 2.24. The molecule has 0 radical (unpaired) electrons. The van der Waals surface area contributed by atoms with Gasteiger partial charge in [-0.05, 0) is 55.5 Å². The number of nitrogens with one attached hydrogen (secondary N) is 2. The number of piperazine rings is 1. The number of fused-ring (bicyclic) bond motifs is 1. The van der Waals surface area contributed by atoms with Crippen molar-refractivity contribution in [3.63, 3.8) is 0 Å². The molecule has 48 heavy (non-hydrogen) atoms. The van der Waals surface area contributed by atoms with Crippen molar-refractivity contribution < 1.29 is 28.6 Å². The van der Waals surface area contributed by atoms with Crippen LogP contribution in [0.3, 0.4) is 0 Å². The van der Waals surface area contributed by atoms with Crippen molar-refractivity contribution in [1.29, 1.82) is 0 Å². The number of thiophene rings is 1. The average Bonchev–Trinajstić information content (AvgIpc) is 3.77. The van der Waals surface area contributed by atoms with E-state index in [1.807, 2.05) is 23.2 Å². The van der Waals surface area contributed by atoms with Gasteiger partial charge in [-0.2, -0.15) is 0 Å². The van der Waals surface area contributed by atoms with Crippen molar-refractivity contribution in [2.75, 3.05) is 31.5 Å². The summed E-state index contributed by atoms with van der Waals surface area (Å²) in [6.07, 6.45) is 9.32. The number of aliphatic carboxylic acids is 1. The molecule has 3 amide bonds. The zero-order valence-electron chi connectivity index (χ0n) is 26.6. The summed E-state index contributed by atoms with van der Waals surface area (Å²) in [6.45, 7) is 3.74. The van der Waals surface area contributed by atoms with Gasteiger partial charge in [0.05, 0.1) is 20.8 Å². The molecule has 4 aromatic rings. The van der Waals surface area contributed by atoms with E-state index in [1.165, 1.54) is 23.5 Å². The fourth-order valence-corrected chi connectivity index (χ4v) is 6.67. The molecule has 3 N–H and O–H groups in total. The Morgan fingerprint density at radius 2 is 1.73 bits per heavy atom. The first-order chi connectivity index (χ1) is 23.3. The molecule has 11 nitrogen and oxygen atoms in total. The monoisotopic (exact) mass is 674 g/mol. The van der Waals surface area contributed by atoms with Crippen LogP contribution < -0.4 is 15.4 Å². The third kappa shape index (κ3) is 9.04. The summed E-state index contributed by atoms with van der Waals surface area (Å²) >= 11 is 1.47. The summed E-state index contributed by atoms with van der Waals surface area (Å²) in [4.78, 5) is 49.6. The zero-order valence-corrected chi connectivity index (χ0v) is 27.4. The lowest BCUT2D eigenvalue weighted by Gasteiger charge is -2.34. The number of carboxylic acids is 1. The minimum atomic E-state index is -0.768. The molecule has 1 saturated carbocycles. The third-order valence-corrected chi connectivity index (χ3v) is 9.60. The number of hydrogen-bond acceptors (Lipinski definition) is 8. The van der Waals surface area contributed by atoms with Crippen LogP contribution in [0, 0.1) is 5.82 Å². The summed E-state index contributed by atoms with van der Waals surface area (Å²) in [5.74, 6) is -0.658. The second-order valence-corrected chi connectivity index (χ2v) is 13.3. The fraction of sp³-hybridized carbons (Fsp3) is 0.400. The Labute approximate surface area is 282 Å². The maximum atomic E-state index is 14.9. The quantitative estimate of drug-likeness (QED) is 0.127. The molecule has 1 aliphatic heterocycles. The van der Waals surface area contributed by atoms with Gasteiger partial charge in [-0.1, -0.05) is 18.9 Å². The van der Waals surface area contributed by atoms with Crippen LogP contribution >= 0.6 is 11.3 Å². The highest BCUT2D eigenvalue weighted by Crippen LogP contribution is 2.39. The summed E-state index contributed by atoms with van der Waals surface area (Å²) in [5, 5.41) is 14.2. The number of pyridine rings is 2. The Morgan fingerprint density at radius 1 is 0.938 bits per heavy atom. The Morgan fingerprint density at radius 3 is 2.44 bits per heavy atom. The maximum absolute atomic E-state index is 14.9. The normalized spacial score (nSPS) is 15.0. The number of halogens is 1. The minimum absolute atomic E-state index is 0.0447. The molecule has 6 rings (SSSR count). The molecule has 2 aliphatic rings. The molecule has 0 spiro atoms. The largest absolute Gasteiger partial charge is 0.481 e. The number of carbonyl (C=O) groups is 3. The van der Waals surface area contributed by atoms with Crippen LogP contribution in [0.2, 0.25) is 0 Å². The average molecular weight is 675 g/mol. The first-order valence-electron chi connectivity index (χ1n) is 16.4. The number of unbranched alkanes of at least 4 members (excludes halogenated alkanes) is 3. The molecule has 252 valence electrons. The lowest BCUT2D eigenvalue weighted by Crippen LogP contribution is -2.48. The maximum Gasteiger partial charge on any atom is 0.319 e. The van der Waals surface area contributed by atoms with Gasteiger partial charge in [-0.25, -0.2) is 9.18 Å². The van der Waals surface area contributed by atoms with Crippen LogP contribution in [-0.2, 0) is 16.1 Å². The van der Waals surface area contributed by atoms with Gasteiger partial charge >= 0.3 is 12.0 Å². The molecule has 4 heterocycles. The molecular formula is C35H39FN6O5S. The number of ether oxygens (including phenoxy) is 1. The second kappa shape index (κ2) is 15.5. The molecule has 0 bridgehead atoms. The Hall–Kier alpha value is -4.62. The third-order valence-electron chi connectivity index (χ3n) is 8.44. The number of nitrogens with zero attached hydrogens (tertiary/aromatic N) is 4. The highest BCUT2D eigenvalue weighted by molar-refractivity contribution is 7.22. The number of aromatic nitrogens is 2. The van der Waals surface area contributed by atoms with E-state index in [-0.39, 0.29) is 30.2 Å². The van der Waals surface area contributed by atoms with E-state index in [9.17, 15) is 18.8 Å². The van der Waals surface area contributed by atoms with Crippen molar-refractivity contribution in [3.8, 4) is 22.1 Å². The van der Waals surface area contributed by atoms with Crippen LogP contribution in [-0.4, -0.2) is 75.0 Å². The topological polar surface area (TPSA) is 137 Å². The molecule has 0 unspecified atom stereocenters. The zero-order chi connectivity index (χ0) is 33.5. The van der Waals surface area contributed by atoms with E-state index in [4.69, 9.17) is 14.8 Å². The van der Waals surface area contributed by atoms with Gasteiger partial charge < -0.3 is 25.4 Å². The molecule has 0 atom stereocenters.